The molecule has 102 valence electrons. The van der Waals surface area contributed by atoms with Gasteiger partial charge in [0.15, 0.2) is 0 Å². The molecule has 2 heterocycles. The maximum Gasteiger partial charge on any atom is 0.0951 e. The van der Waals surface area contributed by atoms with Crippen molar-refractivity contribution in [3.63, 3.8) is 0 Å². The molecule has 0 aliphatic carbocycles. The molecule has 1 atom stereocenters. The van der Waals surface area contributed by atoms with Crippen molar-refractivity contribution in [2.24, 2.45) is 5.92 Å². The lowest BCUT2D eigenvalue weighted by molar-refractivity contribution is 0.0732. The first kappa shape index (κ1) is 13.6. The number of aryl methyl sites for hydroxylation is 1. The SMILES string of the molecule is Cc1ncn(C[C@H]2CCCN(C(C)(C)C)C2)c1C. The number of hydrogen-bond donors (Lipinski definition) is 0. The second-order valence-electron chi connectivity index (χ2n) is 6.69. The van der Waals surface area contributed by atoms with Crippen LogP contribution in [0.25, 0.3) is 0 Å². The molecule has 0 unspecified atom stereocenters. The van der Waals surface area contributed by atoms with Gasteiger partial charge in [-0.05, 0) is 59.9 Å². The molecule has 0 amide bonds. The fourth-order valence-corrected chi connectivity index (χ4v) is 2.83. The maximum atomic E-state index is 4.40. The van der Waals surface area contributed by atoms with Crippen molar-refractivity contribution in [2.75, 3.05) is 13.1 Å². The van der Waals surface area contributed by atoms with Gasteiger partial charge in [0.05, 0.1) is 12.0 Å². The number of rotatable bonds is 2. The molecule has 3 heteroatoms. The zero-order valence-electron chi connectivity index (χ0n) is 12.5. The van der Waals surface area contributed by atoms with Gasteiger partial charge in [-0.1, -0.05) is 0 Å². The van der Waals surface area contributed by atoms with Crippen molar-refractivity contribution in [1.29, 1.82) is 0 Å². The van der Waals surface area contributed by atoms with Gasteiger partial charge < -0.3 is 4.57 Å². The Bertz CT molecular complexity index is 400. The lowest BCUT2D eigenvalue weighted by Crippen LogP contribution is -2.47. The van der Waals surface area contributed by atoms with Crippen LogP contribution in [0.15, 0.2) is 6.33 Å². The Kier molecular flexibility index (Phi) is 3.81. The minimum Gasteiger partial charge on any atom is -0.334 e. The van der Waals surface area contributed by atoms with Crippen LogP contribution in [-0.2, 0) is 6.54 Å². The van der Waals surface area contributed by atoms with E-state index in [1.165, 1.54) is 37.3 Å². The standard InChI is InChI=1S/C15H27N3/c1-12-13(2)17(11-16-12)9-14-7-6-8-18(10-14)15(3,4)5/h11,14H,6-10H2,1-5H3/t14-/m1/s1. The van der Waals surface area contributed by atoms with Crippen molar-refractivity contribution < 1.29 is 0 Å². The van der Waals surface area contributed by atoms with Gasteiger partial charge in [0.2, 0.25) is 0 Å². The molecular weight excluding hydrogens is 222 g/mol. The Balaban J connectivity index is 2.00. The lowest BCUT2D eigenvalue weighted by Gasteiger charge is -2.41. The number of aromatic nitrogens is 2. The van der Waals surface area contributed by atoms with Crippen LogP contribution < -0.4 is 0 Å². The highest BCUT2D eigenvalue weighted by Crippen LogP contribution is 2.25. The van der Waals surface area contributed by atoms with Gasteiger partial charge in [-0.3, -0.25) is 4.90 Å². The van der Waals surface area contributed by atoms with Gasteiger partial charge in [0.1, 0.15) is 0 Å². The van der Waals surface area contributed by atoms with Gasteiger partial charge in [-0.15, -0.1) is 0 Å². The molecule has 2 rings (SSSR count). The lowest BCUT2D eigenvalue weighted by atomic mass is 9.93. The molecule has 1 saturated heterocycles. The van der Waals surface area contributed by atoms with E-state index in [1.807, 2.05) is 6.33 Å². The monoisotopic (exact) mass is 249 g/mol. The molecule has 0 spiro atoms. The third-order valence-electron chi connectivity index (χ3n) is 4.27. The summed E-state index contributed by atoms with van der Waals surface area (Å²) in [6, 6.07) is 0. The number of imidazole rings is 1. The van der Waals surface area contributed by atoms with Crippen LogP contribution in [0.5, 0.6) is 0 Å². The third-order valence-corrected chi connectivity index (χ3v) is 4.27. The van der Waals surface area contributed by atoms with Crippen LogP contribution in [0.2, 0.25) is 0 Å². The fraction of sp³-hybridized carbons (Fsp3) is 0.800. The predicted octanol–water partition coefficient (Wildman–Crippen LogP) is 3.01. The van der Waals surface area contributed by atoms with Crippen molar-refractivity contribution in [3.8, 4) is 0 Å². The Labute approximate surface area is 111 Å². The summed E-state index contributed by atoms with van der Waals surface area (Å²) < 4.78 is 2.33. The molecule has 1 aromatic heterocycles. The summed E-state index contributed by atoms with van der Waals surface area (Å²) in [7, 11) is 0. The Morgan fingerprint density at radius 3 is 2.61 bits per heavy atom. The van der Waals surface area contributed by atoms with Gasteiger partial charge in [-0.25, -0.2) is 4.98 Å². The minimum atomic E-state index is 0.304. The van der Waals surface area contributed by atoms with Crippen LogP contribution in [-0.4, -0.2) is 33.1 Å². The molecule has 1 aromatic rings. The van der Waals surface area contributed by atoms with Crippen LogP contribution >= 0.6 is 0 Å². The molecule has 0 radical (unpaired) electrons. The van der Waals surface area contributed by atoms with E-state index in [-0.39, 0.29) is 0 Å². The van der Waals surface area contributed by atoms with Crippen LogP contribution in [0.4, 0.5) is 0 Å². The van der Waals surface area contributed by atoms with Gasteiger partial charge in [-0.2, -0.15) is 0 Å². The average Bonchev–Trinajstić information content (AvgIpc) is 2.60. The quantitative estimate of drug-likeness (QED) is 0.803. The van der Waals surface area contributed by atoms with Gasteiger partial charge in [0.25, 0.3) is 0 Å². The summed E-state index contributed by atoms with van der Waals surface area (Å²) in [5.41, 5.74) is 2.79. The summed E-state index contributed by atoms with van der Waals surface area (Å²) >= 11 is 0. The molecule has 0 N–H and O–H groups in total. The molecule has 0 saturated carbocycles. The first-order chi connectivity index (χ1) is 8.38. The van der Waals surface area contributed by atoms with Crippen LogP contribution in [0.3, 0.4) is 0 Å². The second kappa shape index (κ2) is 5.04. The first-order valence-electron chi connectivity index (χ1n) is 7.11. The van der Waals surface area contributed by atoms with Gasteiger partial charge in [0, 0.05) is 24.3 Å². The fourth-order valence-electron chi connectivity index (χ4n) is 2.83. The highest BCUT2D eigenvalue weighted by atomic mass is 15.2. The van der Waals surface area contributed by atoms with Crippen molar-refractivity contribution >= 4 is 0 Å². The second-order valence-corrected chi connectivity index (χ2v) is 6.69. The van der Waals surface area contributed by atoms with Crippen molar-refractivity contribution in [1.82, 2.24) is 14.5 Å². The normalized spacial score (nSPS) is 22.4. The summed E-state index contributed by atoms with van der Waals surface area (Å²) in [6.07, 6.45) is 4.68. The Morgan fingerprint density at radius 2 is 2.06 bits per heavy atom. The zero-order chi connectivity index (χ0) is 13.3. The predicted molar refractivity (Wildman–Crippen MR) is 75.8 cm³/mol. The zero-order valence-corrected chi connectivity index (χ0v) is 12.5. The highest BCUT2D eigenvalue weighted by Gasteiger charge is 2.28. The highest BCUT2D eigenvalue weighted by molar-refractivity contribution is 5.08. The Morgan fingerprint density at radius 1 is 1.33 bits per heavy atom. The summed E-state index contributed by atoms with van der Waals surface area (Å²) in [6.45, 7) is 14.8. The van der Waals surface area contributed by atoms with E-state index in [9.17, 15) is 0 Å². The van der Waals surface area contributed by atoms with Crippen LogP contribution in [0, 0.1) is 19.8 Å². The van der Waals surface area contributed by atoms with E-state index in [4.69, 9.17) is 0 Å². The number of piperidine rings is 1. The molecule has 1 aliphatic rings. The maximum absolute atomic E-state index is 4.40. The largest absolute Gasteiger partial charge is 0.334 e. The smallest absolute Gasteiger partial charge is 0.0951 e. The molecule has 0 bridgehead atoms. The Hall–Kier alpha value is -0.830. The molecule has 1 aliphatic heterocycles. The summed E-state index contributed by atoms with van der Waals surface area (Å²) in [5.74, 6) is 0.769. The van der Waals surface area contributed by atoms with Crippen LogP contribution in [0.1, 0.15) is 45.0 Å². The number of nitrogens with zero attached hydrogens (tertiary/aromatic N) is 3. The van der Waals surface area contributed by atoms with E-state index >= 15 is 0 Å². The summed E-state index contributed by atoms with van der Waals surface area (Å²) in [5, 5.41) is 0. The molecular formula is C15H27N3. The molecule has 3 nitrogen and oxygen atoms in total. The third kappa shape index (κ3) is 2.94. The van der Waals surface area contributed by atoms with E-state index in [0.29, 0.717) is 5.54 Å². The van der Waals surface area contributed by atoms with E-state index in [0.717, 1.165) is 12.5 Å². The molecule has 0 aromatic carbocycles. The van der Waals surface area contributed by atoms with Crippen molar-refractivity contribution in [3.05, 3.63) is 17.7 Å². The topological polar surface area (TPSA) is 21.1 Å². The van der Waals surface area contributed by atoms with E-state index in [2.05, 4.69) is 49.1 Å². The van der Waals surface area contributed by atoms with Crippen molar-refractivity contribution in [2.45, 2.75) is 59.5 Å². The van der Waals surface area contributed by atoms with E-state index in [1.54, 1.807) is 0 Å². The average molecular weight is 249 g/mol. The minimum absolute atomic E-state index is 0.304. The van der Waals surface area contributed by atoms with Gasteiger partial charge >= 0.3 is 0 Å². The number of hydrogen-bond acceptors (Lipinski definition) is 2. The number of likely N-dealkylation sites (tertiary alicyclic amines) is 1. The molecule has 1 fully saturated rings. The summed E-state index contributed by atoms with van der Waals surface area (Å²) in [4.78, 5) is 7.02. The first-order valence-corrected chi connectivity index (χ1v) is 7.11. The van der Waals surface area contributed by atoms with E-state index < -0.39 is 0 Å². The molecule has 18 heavy (non-hydrogen) atoms.